The summed E-state index contributed by atoms with van der Waals surface area (Å²) in [7, 11) is 0. The van der Waals surface area contributed by atoms with Crippen LogP contribution in [-0.2, 0) is 16.0 Å². The number of likely N-dealkylation sites (tertiary alicyclic amines) is 1. The van der Waals surface area contributed by atoms with Crippen LogP contribution in [0.2, 0.25) is 0 Å². The summed E-state index contributed by atoms with van der Waals surface area (Å²) in [5, 5.41) is 8.73. The highest BCUT2D eigenvalue weighted by Crippen LogP contribution is 2.18. The number of carbonyl (C=O) groups is 3. The number of ether oxygens (including phenoxy) is 1. The lowest BCUT2D eigenvalue weighted by Gasteiger charge is -2.33. The van der Waals surface area contributed by atoms with Crippen LogP contribution in [0.25, 0.3) is 0 Å². The highest BCUT2D eigenvalue weighted by atomic mass is 16.5. The van der Waals surface area contributed by atoms with E-state index in [0.29, 0.717) is 44.6 Å². The van der Waals surface area contributed by atoms with Crippen molar-refractivity contribution in [1.82, 2.24) is 15.5 Å². The van der Waals surface area contributed by atoms with Crippen LogP contribution >= 0.6 is 0 Å². The molecule has 0 unspecified atom stereocenters. The molecule has 0 spiro atoms. The van der Waals surface area contributed by atoms with Gasteiger partial charge in [-0.25, -0.2) is 4.79 Å². The summed E-state index contributed by atoms with van der Waals surface area (Å²) >= 11 is 0. The fraction of sp³-hybridized carbons (Fsp3) is 0.423. The van der Waals surface area contributed by atoms with Gasteiger partial charge in [-0.2, -0.15) is 0 Å². The normalized spacial score (nSPS) is 14.7. The Kier molecular flexibility index (Phi) is 8.90. The van der Waals surface area contributed by atoms with Gasteiger partial charge in [-0.3, -0.25) is 9.59 Å². The SMILES string of the molecule is CCOc1ccc(NC(=O)N2CCC(NC(=O)[C@@H](Cc3ccc(C)cc3)NC(C)=O)CC2)cc1. The van der Waals surface area contributed by atoms with Crippen molar-refractivity contribution in [3.8, 4) is 5.75 Å². The van der Waals surface area contributed by atoms with Crippen molar-refractivity contribution in [1.29, 1.82) is 0 Å². The van der Waals surface area contributed by atoms with E-state index >= 15 is 0 Å². The number of benzene rings is 2. The maximum atomic E-state index is 12.9. The molecule has 8 nitrogen and oxygen atoms in total. The summed E-state index contributed by atoms with van der Waals surface area (Å²) in [4.78, 5) is 38.9. The van der Waals surface area contributed by atoms with E-state index < -0.39 is 6.04 Å². The van der Waals surface area contributed by atoms with Gasteiger partial charge in [0, 0.05) is 38.2 Å². The molecular formula is C26H34N4O4. The average molecular weight is 467 g/mol. The van der Waals surface area contributed by atoms with Crippen LogP contribution in [0.15, 0.2) is 48.5 Å². The zero-order chi connectivity index (χ0) is 24.5. The summed E-state index contributed by atoms with van der Waals surface area (Å²) in [6.07, 6.45) is 1.73. The van der Waals surface area contributed by atoms with Crippen molar-refractivity contribution in [2.45, 2.75) is 52.1 Å². The monoisotopic (exact) mass is 466 g/mol. The molecule has 34 heavy (non-hydrogen) atoms. The number of carbonyl (C=O) groups excluding carboxylic acids is 3. The van der Waals surface area contributed by atoms with E-state index in [4.69, 9.17) is 4.74 Å². The Labute approximate surface area is 201 Å². The number of urea groups is 1. The first-order valence-electron chi connectivity index (χ1n) is 11.8. The van der Waals surface area contributed by atoms with Gasteiger partial charge in [0.25, 0.3) is 0 Å². The summed E-state index contributed by atoms with van der Waals surface area (Å²) in [6, 6.07) is 14.3. The molecule has 4 amide bonds. The zero-order valence-corrected chi connectivity index (χ0v) is 20.1. The maximum absolute atomic E-state index is 12.9. The second-order valence-corrected chi connectivity index (χ2v) is 8.60. The van der Waals surface area contributed by atoms with E-state index in [-0.39, 0.29) is 23.9 Å². The highest BCUT2D eigenvalue weighted by Gasteiger charge is 2.27. The number of rotatable bonds is 8. The molecule has 2 aromatic carbocycles. The van der Waals surface area contributed by atoms with Crippen molar-refractivity contribution in [2.75, 3.05) is 25.0 Å². The molecule has 0 aliphatic carbocycles. The van der Waals surface area contributed by atoms with Gasteiger partial charge in [0.15, 0.2) is 0 Å². The first kappa shape index (κ1) is 25.1. The van der Waals surface area contributed by atoms with Crippen LogP contribution in [0, 0.1) is 6.92 Å². The van der Waals surface area contributed by atoms with Gasteiger partial charge in [-0.15, -0.1) is 0 Å². The lowest BCUT2D eigenvalue weighted by atomic mass is 10.0. The predicted octanol–water partition coefficient (Wildman–Crippen LogP) is 3.25. The molecule has 0 radical (unpaired) electrons. The molecule has 1 heterocycles. The van der Waals surface area contributed by atoms with E-state index in [0.717, 1.165) is 16.9 Å². The van der Waals surface area contributed by atoms with Crippen LogP contribution < -0.4 is 20.7 Å². The molecule has 2 aromatic rings. The number of amides is 4. The van der Waals surface area contributed by atoms with Gasteiger partial charge in [0.2, 0.25) is 11.8 Å². The van der Waals surface area contributed by atoms with Gasteiger partial charge in [0.1, 0.15) is 11.8 Å². The van der Waals surface area contributed by atoms with Crippen molar-refractivity contribution in [3.63, 3.8) is 0 Å². The van der Waals surface area contributed by atoms with Crippen molar-refractivity contribution >= 4 is 23.5 Å². The number of anilines is 1. The summed E-state index contributed by atoms with van der Waals surface area (Å²) in [6.45, 7) is 7.01. The van der Waals surface area contributed by atoms with E-state index in [1.807, 2.05) is 62.4 Å². The largest absolute Gasteiger partial charge is 0.494 e. The third-order valence-electron chi connectivity index (χ3n) is 5.80. The molecular weight excluding hydrogens is 432 g/mol. The average Bonchev–Trinajstić information content (AvgIpc) is 2.81. The lowest BCUT2D eigenvalue weighted by molar-refractivity contribution is -0.128. The third-order valence-corrected chi connectivity index (χ3v) is 5.80. The van der Waals surface area contributed by atoms with Crippen LogP contribution in [0.5, 0.6) is 5.75 Å². The van der Waals surface area contributed by atoms with Crippen LogP contribution in [0.3, 0.4) is 0 Å². The Bertz CT molecular complexity index is 967. The van der Waals surface area contributed by atoms with Gasteiger partial charge in [-0.05, 0) is 56.5 Å². The zero-order valence-electron chi connectivity index (χ0n) is 20.1. The van der Waals surface area contributed by atoms with Crippen LogP contribution in [-0.4, -0.2) is 54.5 Å². The minimum atomic E-state index is -0.638. The van der Waals surface area contributed by atoms with E-state index in [2.05, 4.69) is 16.0 Å². The second kappa shape index (κ2) is 12.1. The Morgan fingerprint density at radius 1 is 1.03 bits per heavy atom. The molecule has 1 atom stereocenters. The predicted molar refractivity (Wildman–Crippen MR) is 132 cm³/mol. The molecule has 0 saturated carbocycles. The molecule has 3 N–H and O–H groups in total. The van der Waals surface area contributed by atoms with Gasteiger partial charge in [-0.1, -0.05) is 29.8 Å². The van der Waals surface area contributed by atoms with Crippen molar-refractivity contribution in [3.05, 3.63) is 59.7 Å². The number of nitrogens with one attached hydrogen (secondary N) is 3. The number of hydrogen-bond donors (Lipinski definition) is 3. The molecule has 1 saturated heterocycles. The van der Waals surface area contributed by atoms with Gasteiger partial charge < -0.3 is 25.6 Å². The Morgan fingerprint density at radius 3 is 2.26 bits per heavy atom. The Hall–Kier alpha value is -3.55. The Balaban J connectivity index is 1.49. The minimum Gasteiger partial charge on any atom is -0.494 e. The second-order valence-electron chi connectivity index (χ2n) is 8.60. The molecule has 8 heteroatoms. The number of hydrogen-bond acceptors (Lipinski definition) is 4. The minimum absolute atomic E-state index is 0.0451. The summed E-state index contributed by atoms with van der Waals surface area (Å²) < 4.78 is 5.42. The van der Waals surface area contributed by atoms with Crippen LogP contribution in [0.4, 0.5) is 10.5 Å². The van der Waals surface area contributed by atoms with Crippen molar-refractivity contribution < 1.29 is 19.1 Å². The van der Waals surface area contributed by atoms with Crippen molar-refractivity contribution in [2.24, 2.45) is 0 Å². The number of nitrogens with zero attached hydrogens (tertiary/aromatic N) is 1. The molecule has 0 aromatic heterocycles. The number of aryl methyl sites for hydroxylation is 1. The first-order chi connectivity index (χ1) is 16.3. The molecule has 1 fully saturated rings. The third kappa shape index (κ3) is 7.50. The molecule has 1 aliphatic rings. The maximum Gasteiger partial charge on any atom is 0.321 e. The van der Waals surface area contributed by atoms with Gasteiger partial charge >= 0.3 is 6.03 Å². The fourth-order valence-electron chi connectivity index (χ4n) is 3.95. The van der Waals surface area contributed by atoms with E-state index in [1.54, 1.807) is 4.90 Å². The van der Waals surface area contributed by atoms with Crippen LogP contribution in [0.1, 0.15) is 37.8 Å². The highest BCUT2D eigenvalue weighted by molar-refractivity contribution is 5.89. The van der Waals surface area contributed by atoms with Gasteiger partial charge in [0.05, 0.1) is 6.61 Å². The smallest absolute Gasteiger partial charge is 0.321 e. The molecule has 0 bridgehead atoms. The lowest BCUT2D eigenvalue weighted by Crippen LogP contribution is -2.53. The molecule has 1 aliphatic heterocycles. The first-order valence-corrected chi connectivity index (χ1v) is 11.8. The molecule has 3 rings (SSSR count). The summed E-state index contributed by atoms with van der Waals surface area (Å²) in [5.74, 6) is 0.318. The summed E-state index contributed by atoms with van der Waals surface area (Å²) in [5.41, 5.74) is 2.83. The van der Waals surface area contributed by atoms with E-state index in [1.165, 1.54) is 6.92 Å². The van der Waals surface area contributed by atoms with E-state index in [9.17, 15) is 14.4 Å². The Morgan fingerprint density at radius 2 is 1.68 bits per heavy atom. The fourth-order valence-corrected chi connectivity index (χ4v) is 3.95. The molecule has 182 valence electrons. The quantitative estimate of drug-likeness (QED) is 0.556. The number of piperidine rings is 1. The standard InChI is InChI=1S/C26H34N4O4/c1-4-34-23-11-9-21(10-12-23)29-26(33)30-15-13-22(14-16-30)28-25(32)24(27-19(3)31)17-20-7-5-18(2)6-8-20/h5-12,22,24H,4,13-17H2,1-3H3,(H,27,31)(H,28,32)(H,29,33)/t24-/m1/s1. The topological polar surface area (TPSA) is 99.8 Å².